The highest BCUT2D eigenvalue weighted by molar-refractivity contribution is 6.15. The Morgan fingerprint density at radius 2 is 1.90 bits per heavy atom. The van der Waals surface area contributed by atoms with E-state index in [1.807, 2.05) is 18.2 Å². The molecule has 2 aromatic carbocycles. The highest BCUT2D eigenvalue weighted by Crippen LogP contribution is 2.49. The summed E-state index contributed by atoms with van der Waals surface area (Å²) in [4.78, 5) is 47.3. The van der Waals surface area contributed by atoms with Gasteiger partial charge in [-0.15, -0.1) is 0 Å². The summed E-state index contributed by atoms with van der Waals surface area (Å²) < 4.78 is 11.3. The topological polar surface area (TPSA) is 93.0 Å². The Morgan fingerprint density at radius 3 is 2.71 bits per heavy atom. The summed E-state index contributed by atoms with van der Waals surface area (Å²) in [6.07, 6.45) is 1.98. The van der Waals surface area contributed by atoms with Crippen LogP contribution in [-0.4, -0.2) is 39.4 Å². The fourth-order valence-electron chi connectivity index (χ4n) is 4.74. The number of hydrogen-bond acceptors (Lipinski definition) is 6. The number of esters is 1. The number of hydrogen-bond donors (Lipinski definition) is 0. The Morgan fingerprint density at radius 1 is 1.13 bits per heavy atom. The average molecular weight is 417 g/mol. The van der Waals surface area contributed by atoms with Gasteiger partial charge in [-0.3, -0.25) is 14.5 Å². The lowest BCUT2D eigenvalue weighted by Gasteiger charge is -2.48. The van der Waals surface area contributed by atoms with Gasteiger partial charge in [0.05, 0.1) is 11.3 Å². The summed E-state index contributed by atoms with van der Waals surface area (Å²) in [5, 5.41) is 0. The third-order valence-corrected chi connectivity index (χ3v) is 6.20. The first-order valence-electron chi connectivity index (χ1n) is 10.4. The van der Waals surface area contributed by atoms with Crippen molar-refractivity contribution in [1.82, 2.24) is 9.88 Å². The molecule has 2 fully saturated rings. The quantitative estimate of drug-likeness (QED) is 0.606. The molecule has 0 unspecified atom stereocenters. The van der Waals surface area contributed by atoms with E-state index in [2.05, 4.69) is 4.98 Å². The third-order valence-electron chi connectivity index (χ3n) is 6.20. The summed E-state index contributed by atoms with van der Waals surface area (Å²) >= 11 is 0. The van der Waals surface area contributed by atoms with E-state index in [-0.39, 0.29) is 43.2 Å². The van der Waals surface area contributed by atoms with E-state index in [4.69, 9.17) is 9.15 Å². The number of carbonyl (C=O) groups excluding carboxylic acids is 3. The minimum absolute atomic E-state index is 0.0777. The molecular formula is C23H19N3O5. The monoisotopic (exact) mass is 417 g/mol. The van der Waals surface area contributed by atoms with Gasteiger partial charge in [0, 0.05) is 18.9 Å². The molecule has 1 saturated heterocycles. The normalized spacial score (nSPS) is 22.6. The summed E-state index contributed by atoms with van der Waals surface area (Å²) in [5.41, 5.74) is 0.713. The van der Waals surface area contributed by atoms with E-state index in [1.54, 1.807) is 35.2 Å². The van der Waals surface area contributed by atoms with E-state index >= 15 is 0 Å². The first kappa shape index (κ1) is 18.1. The van der Waals surface area contributed by atoms with Gasteiger partial charge in [0.1, 0.15) is 5.52 Å². The summed E-state index contributed by atoms with van der Waals surface area (Å²) in [7, 11) is 0. The fraction of sp³-hybridized carbons (Fsp3) is 0.304. The molecule has 6 rings (SSSR count). The molecule has 0 spiro atoms. The van der Waals surface area contributed by atoms with Crippen molar-refractivity contribution in [2.45, 2.75) is 44.0 Å². The minimum atomic E-state index is -1.46. The number of ether oxygens (including phenoxy) is 1. The highest BCUT2D eigenvalue weighted by atomic mass is 16.5. The molecule has 3 aliphatic rings. The number of oxazole rings is 1. The molecule has 1 aromatic heterocycles. The standard InChI is InChI=1S/C23H19N3O5/c27-20-11-12-23(22(29)30-13-19-24-16-6-2-4-8-18(16)31-19)25(14-9-10-14)21(28)15-5-1-3-7-17(15)26(20)23/h1-8,14H,9-13H2/t23-/m0/s1. The summed E-state index contributed by atoms with van der Waals surface area (Å²) in [6.45, 7) is -0.175. The predicted molar refractivity (Wildman–Crippen MR) is 109 cm³/mol. The predicted octanol–water partition coefficient (Wildman–Crippen LogP) is 3.01. The minimum Gasteiger partial charge on any atom is -0.453 e. The van der Waals surface area contributed by atoms with E-state index in [0.717, 1.165) is 12.8 Å². The Labute approximate surface area is 177 Å². The molecule has 1 saturated carbocycles. The Kier molecular flexibility index (Phi) is 3.74. The van der Waals surface area contributed by atoms with Crippen LogP contribution in [0.4, 0.5) is 5.69 Å². The zero-order valence-electron chi connectivity index (χ0n) is 16.6. The molecule has 156 valence electrons. The molecule has 2 aliphatic heterocycles. The Balaban J connectivity index is 1.38. The number of amides is 2. The number of nitrogens with zero attached hydrogens (tertiary/aromatic N) is 3. The first-order valence-corrected chi connectivity index (χ1v) is 10.4. The number of carbonyl (C=O) groups is 3. The van der Waals surface area contributed by atoms with E-state index < -0.39 is 11.6 Å². The number of rotatable bonds is 4. The van der Waals surface area contributed by atoms with Crippen LogP contribution in [0.5, 0.6) is 0 Å². The van der Waals surface area contributed by atoms with Crippen LogP contribution in [0.2, 0.25) is 0 Å². The molecule has 8 nitrogen and oxygen atoms in total. The number of para-hydroxylation sites is 3. The smallest absolute Gasteiger partial charge is 0.354 e. The van der Waals surface area contributed by atoms with E-state index in [0.29, 0.717) is 22.4 Å². The molecule has 0 bridgehead atoms. The van der Waals surface area contributed by atoms with Gasteiger partial charge in [-0.1, -0.05) is 24.3 Å². The van der Waals surface area contributed by atoms with Crippen LogP contribution >= 0.6 is 0 Å². The van der Waals surface area contributed by atoms with Gasteiger partial charge < -0.3 is 14.1 Å². The van der Waals surface area contributed by atoms with Gasteiger partial charge in [-0.2, -0.15) is 0 Å². The Hall–Kier alpha value is -3.68. The molecule has 0 N–H and O–H groups in total. The lowest BCUT2D eigenvalue weighted by molar-refractivity contribution is -0.159. The largest absolute Gasteiger partial charge is 0.453 e. The SMILES string of the molecule is O=C1CC[C@@]2(C(=O)OCc3nc4ccccc4o3)N1c1ccccc1C(=O)N2C1CC1. The molecule has 8 heteroatoms. The summed E-state index contributed by atoms with van der Waals surface area (Å²) in [6, 6.07) is 14.1. The van der Waals surface area contributed by atoms with Gasteiger partial charge in [-0.25, -0.2) is 9.78 Å². The van der Waals surface area contributed by atoms with E-state index in [9.17, 15) is 14.4 Å². The van der Waals surface area contributed by atoms with Crippen molar-refractivity contribution < 1.29 is 23.5 Å². The van der Waals surface area contributed by atoms with Crippen LogP contribution in [0.15, 0.2) is 52.9 Å². The van der Waals surface area contributed by atoms with Gasteiger partial charge in [0.25, 0.3) is 5.91 Å². The summed E-state index contributed by atoms with van der Waals surface area (Å²) in [5.74, 6) is -0.787. The molecule has 2 amide bonds. The maximum Gasteiger partial charge on any atom is 0.354 e. The van der Waals surface area contributed by atoms with Crippen molar-refractivity contribution in [1.29, 1.82) is 0 Å². The van der Waals surface area contributed by atoms with Crippen LogP contribution in [0, 0.1) is 0 Å². The Bertz CT molecular complexity index is 1210. The molecule has 3 aromatic rings. The van der Waals surface area contributed by atoms with Crippen molar-refractivity contribution in [3.63, 3.8) is 0 Å². The number of benzene rings is 2. The number of aromatic nitrogens is 1. The second-order valence-electron chi connectivity index (χ2n) is 8.12. The van der Waals surface area contributed by atoms with Gasteiger partial charge in [0.15, 0.2) is 12.2 Å². The highest BCUT2D eigenvalue weighted by Gasteiger charge is 2.64. The average Bonchev–Trinajstić information content (AvgIpc) is 3.42. The van der Waals surface area contributed by atoms with Crippen LogP contribution in [-0.2, 0) is 20.9 Å². The first-order chi connectivity index (χ1) is 15.1. The molecule has 0 radical (unpaired) electrons. The second kappa shape index (κ2) is 6.41. The molecule has 3 heterocycles. The van der Waals surface area contributed by atoms with Gasteiger partial charge in [-0.05, 0) is 37.1 Å². The molecular weight excluding hydrogens is 398 g/mol. The van der Waals surface area contributed by atoms with Crippen molar-refractivity contribution in [3.8, 4) is 0 Å². The van der Waals surface area contributed by atoms with Crippen LogP contribution in [0.25, 0.3) is 11.1 Å². The lowest BCUT2D eigenvalue weighted by atomic mass is 9.96. The van der Waals surface area contributed by atoms with Gasteiger partial charge >= 0.3 is 5.97 Å². The zero-order valence-corrected chi connectivity index (χ0v) is 16.6. The van der Waals surface area contributed by atoms with E-state index in [1.165, 1.54) is 4.90 Å². The van der Waals surface area contributed by atoms with Crippen LogP contribution < -0.4 is 4.90 Å². The van der Waals surface area contributed by atoms with Crippen LogP contribution in [0.1, 0.15) is 41.9 Å². The molecule has 1 atom stereocenters. The van der Waals surface area contributed by atoms with Crippen molar-refractivity contribution in [3.05, 3.63) is 60.0 Å². The molecule has 31 heavy (non-hydrogen) atoms. The zero-order chi connectivity index (χ0) is 21.2. The van der Waals surface area contributed by atoms with Crippen molar-refractivity contribution in [2.24, 2.45) is 0 Å². The third kappa shape index (κ3) is 2.54. The number of anilines is 1. The van der Waals surface area contributed by atoms with Crippen LogP contribution in [0.3, 0.4) is 0 Å². The second-order valence-corrected chi connectivity index (χ2v) is 8.12. The maximum absolute atomic E-state index is 13.6. The fourth-order valence-corrected chi connectivity index (χ4v) is 4.74. The van der Waals surface area contributed by atoms with Crippen molar-refractivity contribution >= 4 is 34.6 Å². The lowest BCUT2D eigenvalue weighted by Crippen LogP contribution is -2.69. The van der Waals surface area contributed by atoms with Gasteiger partial charge in [0.2, 0.25) is 17.5 Å². The van der Waals surface area contributed by atoms with Crippen molar-refractivity contribution in [2.75, 3.05) is 4.90 Å². The number of fused-ring (bicyclic) bond motifs is 4. The maximum atomic E-state index is 13.6. The molecule has 1 aliphatic carbocycles.